The number of pyridine rings is 2. The van der Waals surface area contributed by atoms with Crippen LogP contribution in [0, 0.1) is 4.78 Å². The van der Waals surface area contributed by atoms with Crippen LogP contribution in [0.4, 0.5) is 5.69 Å². The summed E-state index contributed by atoms with van der Waals surface area (Å²) < 4.78 is 25.8. The quantitative estimate of drug-likeness (QED) is 0.317. The summed E-state index contributed by atoms with van der Waals surface area (Å²) in [5, 5.41) is 9.28. The zero-order valence-corrected chi connectivity index (χ0v) is 21.8. The van der Waals surface area contributed by atoms with Crippen molar-refractivity contribution >= 4 is 61.7 Å². The van der Waals surface area contributed by atoms with Crippen LogP contribution in [0.15, 0.2) is 48.9 Å². The van der Waals surface area contributed by atoms with Crippen LogP contribution < -0.4 is 9.64 Å². The van der Waals surface area contributed by atoms with Crippen LogP contribution in [0.2, 0.25) is 10.0 Å². The van der Waals surface area contributed by atoms with Gasteiger partial charge in [-0.15, -0.1) is 0 Å². The molecule has 0 radical (unpaired) electrons. The molecule has 1 aliphatic rings. The van der Waals surface area contributed by atoms with Gasteiger partial charge in [-0.25, -0.2) is 4.21 Å². The maximum absolute atomic E-state index is 11.9. The van der Waals surface area contributed by atoms with Gasteiger partial charge in [-0.3, -0.25) is 19.8 Å². The van der Waals surface area contributed by atoms with Gasteiger partial charge in [0.05, 0.1) is 38.8 Å². The van der Waals surface area contributed by atoms with Gasteiger partial charge in [0.25, 0.3) is 0 Å². The van der Waals surface area contributed by atoms with E-state index in [1.165, 1.54) is 0 Å². The number of aromatic nitrogens is 4. The Bertz CT molecular complexity index is 1500. The lowest BCUT2D eigenvalue weighted by atomic mass is 10.1. The number of nitrogens with one attached hydrogen (secondary N) is 2. The number of rotatable bonds is 6. The van der Waals surface area contributed by atoms with E-state index < -0.39 is 9.73 Å². The number of anilines is 1. The SMILES string of the molecule is CC(Oc1ccc2[nH]nc(/C=C/c3ccc(N4CCS(=N)(=O)CC4)cn3)c2c1)c1c(Cl)cncc1Cl. The number of benzene rings is 1. The van der Waals surface area contributed by atoms with E-state index in [4.69, 9.17) is 32.7 Å². The molecule has 1 fully saturated rings. The van der Waals surface area contributed by atoms with Crippen LogP contribution in [-0.4, -0.2) is 49.0 Å². The van der Waals surface area contributed by atoms with E-state index in [1.54, 1.807) is 12.4 Å². The average molecular weight is 543 g/mol. The van der Waals surface area contributed by atoms with E-state index in [0.717, 1.165) is 28.0 Å². The zero-order valence-electron chi connectivity index (χ0n) is 19.4. The minimum absolute atomic E-state index is 0.369. The van der Waals surface area contributed by atoms with Crippen LogP contribution >= 0.6 is 23.2 Å². The van der Waals surface area contributed by atoms with E-state index in [-0.39, 0.29) is 6.10 Å². The Kier molecular flexibility index (Phi) is 6.87. The summed E-state index contributed by atoms with van der Waals surface area (Å²) >= 11 is 12.6. The van der Waals surface area contributed by atoms with Crippen molar-refractivity contribution in [1.82, 2.24) is 20.2 Å². The molecule has 0 spiro atoms. The lowest BCUT2D eigenvalue weighted by molar-refractivity contribution is 0.227. The standard InChI is InChI=1S/C25H24Cl2N6O2S/c1-16(25-21(26)14-29-15-22(25)27)35-19-5-7-24-20(12-19)23(31-32-24)6-3-17-2-4-18(13-30-17)33-8-10-36(28,34)11-9-33/h2-7,12-16,28H,8-11H2,1H3,(H,31,32)/b6-3+. The van der Waals surface area contributed by atoms with Crippen LogP contribution in [0.5, 0.6) is 5.75 Å². The summed E-state index contributed by atoms with van der Waals surface area (Å²) in [6.07, 6.45) is 8.34. The number of hydrogen-bond acceptors (Lipinski definition) is 7. The highest BCUT2D eigenvalue weighted by molar-refractivity contribution is 7.92. The highest BCUT2D eigenvalue weighted by Gasteiger charge is 2.19. The monoisotopic (exact) mass is 542 g/mol. The molecule has 4 aromatic rings. The Hall–Kier alpha value is -3.14. The van der Waals surface area contributed by atoms with E-state index in [9.17, 15) is 4.21 Å². The number of ether oxygens (including phenoxy) is 1. The molecular formula is C25H24Cl2N6O2S. The van der Waals surface area contributed by atoms with Gasteiger partial charge >= 0.3 is 0 Å². The summed E-state index contributed by atoms with van der Waals surface area (Å²) in [6, 6.07) is 9.64. The van der Waals surface area contributed by atoms with Crippen molar-refractivity contribution < 1.29 is 8.95 Å². The molecule has 1 aliphatic heterocycles. The second kappa shape index (κ2) is 10.1. The molecule has 1 atom stereocenters. The molecule has 0 saturated carbocycles. The molecule has 4 heterocycles. The van der Waals surface area contributed by atoms with Gasteiger partial charge in [0.15, 0.2) is 0 Å². The highest BCUT2D eigenvalue weighted by Crippen LogP contribution is 2.33. The molecule has 0 bridgehead atoms. The molecule has 0 aliphatic carbocycles. The summed E-state index contributed by atoms with van der Waals surface area (Å²) in [6.45, 7) is 3.11. The number of nitrogens with zero attached hydrogens (tertiary/aromatic N) is 4. The topological polar surface area (TPSA) is 108 Å². The maximum atomic E-state index is 11.9. The van der Waals surface area contributed by atoms with Gasteiger partial charge in [0.2, 0.25) is 0 Å². The number of fused-ring (bicyclic) bond motifs is 1. The molecule has 1 aromatic carbocycles. The highest BCUT2D eigenvalue weighted by atomic mass is 35.5. The van der Waals surface area contributed by atoms with Crippen molar-refractivity contribution in [2.45, 2.75) is 13.0 Å². The van der Waals surface area contributed by atoms with E-state index in [0.29, 0.717) is 46.0 Å². The Balaban J connectivity index is 1.31. The Morgan fingerprint density at radius 2 is 1.86 bits per heavy atom. The second-order valence-corrected chi connectivity index (χ2v) is 11.8. The number of hydrogen-bond donors (Lipinski definition) is 2. The van der Waals surface area contributed by atoms with E-state index in [1.807, 2.05) is 55.6 Å². The van der Waals surface area contributed by atoms with Crippen molar-refractivity contribution in [3.05, 3.63) is 75.9 Å². The molecule has 8 nitrogen and oxygen atoms in total. The minimum atomic E-state index is -2.42. The fourth-order valence-electron chi connectivity index (χ4n) is 4.12. The van der Waals surface area contributed by atoms with Crippen molar-refractivity contribution in [3.63, 3.8) is 0 Å². The lowest BCUT2D eigenvalue weighted by Gasteiger charge is -2.29. The fraction of sp³-hybridized carbons (Fsp3) is 0.240. The van der Waals surface area contributed by atoms with Gasteiger partial charge in [-0.2, -0.15) is 5.10 Å². The van der Waals surface area contributed by atoms with Crippen molar-refractivity contribution in [1.29, 1.82) is 4.78 Å². The number of aromatic amines is 1. The van der Waals surface area contributed by atoms with Crippen LogP contribution in [-0.2, 0) is 9.73 Å². The maximum Gasteiger partial charge on any atom is 0.124 e. The molecule has 36 heavy (non-hydrogen) atoms. The van der Waals surface area contributed by atoms with Gasteiger partial charge in [-0.1, -0.05) is 23.2 Å². The smallest absolute Gasteiger partial charge is 0.124 e. The predicted octanol–water partition coefficient (Wildman–Crippen LogP) is 5.84. The third kappa shape index (κ3) is 5.33. The molecule has 186 valence electrons. The third-order valence-corrected chi connectivity index (χ3v) is 8.39. The molecule has 11 heteroatoms. The van der Waals surface area contributed by atoms with Gasteiger partial charge in [0.1, 0.15) is 11.9 Å². The van der Waals surface area contributed by atoms with Crippen LogP contribution in [0.3, 0.4) is 0 Å². The molecule has 0 amide bonds. The van der Waals surface area contributed by atoms with Gasteiger partial charge in [0, 0.05) is 57.7 Å². The molecule has 1 saturated heterocycles. The number of halogens is 2. The lowest BCUT2D eigenvalue weighted by Crippen LogP contribution is -2.39. The van der Waals surface area contributed by atoms with E-state index >= 15 is 0 Å². The molecular weight excluding hydrogens is 519 g/mol. The summed E-state index contributed by atoms with van der Waals surface area (Å²) in [4.78, 5) is 10.7. The fourth-order valence-corrected chi connectivity index (χ4v) is 6.03. The molecule has 5 rings (SSSR count). The average Bonchev–Trinajstić information content (AvgIpc) is 3.25. The first-order valence-electron chi connectivity index (χ1n) is 11.4. The van der Waals surface area contributed by atoms with Gasteiger partial charge in [-0.05, 0) is 49.4 Å². The first-order valence-corrected chi connectivity index (χ1v) is 14.0. The Labute approximate surface area is 219 Å². The Morgan fingerprint density at radius 1 is 1.11 bits per heavy atom. The zero-order chi connectivity index (χ0) is 25.3. The van der Waals surface area contributed by atoms with Gasteiger partial charge < -0.3 is 9.64 Å². The summed E-state index contributed by atoms with van der Waals surface area (Å²) in [7, 11) is -2.42. The van der Waals surface area contributed by atoms with E-state index in [2.05, 4.69) is 25.1 Å². The molecule has 1 unspecified atom stereocenters. The van der Waals surface area contributed by atoms with Crippen molar-refractivity contribution in [2.24, 2.45) is 0 Å². The molecule has 3 aromatic heterocycles. The van der Waals surface area contributed by atoms with Crippen molar-refractivity contribution in [3.8, 4) is 5.75 Å². The predicted molar refractivity (Wildman–Crippen MR) is 145 cm³/mol. The summed E-state index contributed by atoms with van der Waals surface area (Å²) in [5.74, 6) is 1.46. The number of H-pyrrole nitrogens is 1. The normalized spacial score (nSPS) is 16.5. The van der Waals surface area contributed by atoms with Crippen LogP contribution in [0.25, 0.3) is 23.1 Å². The second-order valence-electron chi connectivity index (χ2n) is 8.57. The first-order chi connectivity index (χ1) is 17.3. The first kappa shape index (κ1) is 24.5. The largest absolute Gasteiger partial charge is 0.486 e. The minimum Gasteiger partial charge on any atom is -0.486 e. The third-order valence-electron chi connectivity index (χ3n) is 6.10. The summed E-state index contributed by atoms with van der Waals surface area (Å²) in [5.41, 5.74) is 4.09. The van der Waals surface area contributed by atoms with Crippen LogP contribution in [0.1, 0.15) is 30.0 Å². The molecule has 2 N–H and O–H groups in total. The van der Waals surface area contributed by atoms with Crippen molar-refractivity contribution in [2.75, 3.05) is 29.5 Å². The Morgan fingerprint density at radius 3 is 2.56 bits per heavy atom.